The summed E-state index contributed by atoms with van der Waals surface area (Å²) in [6.07, 6.45) is 5.76. The number of hydrogen-bond donors (Lipinski definition) is 2. The van der Waals surface area contributed by atoms with E-state index in [9.17, 15) is 0 Å². The van der Waals surface area contributed by atoms with Crippen molar-refractivity contribution in [2.75, 3.05) is 10.6 Å². The molecule has 3 aromatic rings. The van der Waals surface area contributed by atoms with E-state index in [2.05, 4.69) is 135 Å². The average Bonchev–Trinajstić information content (AvgIpc) is 2.93. The fraction of sp³-hybridized carbons (Fsp3) is 0.462. The van der Waals surface area contributed by atoms with Crippen LogP contribution in [0.2, 0.25) is 0 Å². The molecule has 1 heterocycles. The lowest BCUT2D eigenvalue weighted by molar-refractivity contribution is 0.760. The standard InChI is InChI=1S/C39H55N3/c1-13-16-30-20-32(24(3)4)38(33(21-30)25(5)6)40-28(11)36-18-15-19-37(42-36)29(12)41-39-34(26(7)8)22-31(17-14-2)23-35(39)27(9)10/h13-15,18-29,40-41H,1-2,16-17H2,3-12H3. The Morgan fingerprint density at radius 3 is 1.14 bits per heavy atom. The third-order valence-electron chi connectivity index (χ3n) is 8.17. The largest absolute Gasteiger partial charge is 0.376 e. The van der Waals surface area contributed by atoms with Gasteiger partial charge in [0.15, 0.2) is 0 Å². The fourth-order valence-corrected chi connectivity index (χ4v) is 5.76. The molecule has 226 valence electrons. The SMILES string of the molecule is C=CCc1cc(C(C)C)c(NC(C)c2cccc(C(C)Nc3c(C(C)C)cc(CC=C)cc3C(C)C)n2)c(C(C)C)c1. The topological polar surface area (TPSA) is 37.0 Å². The maximum Gasteiger partial charge on any atom is 0.0657 e. The van der Waals surface area contributed by atoms with Crippen LogP contribution in [0.1, 0.15) is 150 Å². The highest BCUT2D eigenvalue weighted by Gasteiger charge is 2.21. The van der Waals surface area contributed by atoms with E-state index < -0.39 is 0 Å². The first-order valence-electron chi connectivity index (χ1n) is 15.9. The van der Waals surface area contributed by atoms with Crippen LogP contribution < -0.4 is 10.6 Å². The zero-order chi connectivity index (χ0) is 31.1. The molecule has 0 radical (unpaired) electrons. The zero-order valence-corrected chi connectivity index (χ0v) is 27.9. The van der Waals surface area contributed by atoms with Crippen molar-refractivity contribution in [1.29, 1.82) is 0 Å². The van der Waals surface area contributed by atoms with Gasteiger partial charge in [0, 0.05) is 11.4 Å². The summed E-state index contributed by atoms with van der Waals surface area (Å²) >= 11 is 0. The Kier molecular flexibility index (Phi) is 11.6. The molecule has 2 unspecified atom stereocenters. The first-order chi connectivity index (χ1) is 19.9. The summed E-state index contributed by atoms with van der Waals surface area (Å²) in [6.45, 7) is 30.6. The van der Waals surface area contributed by atoms with Crippen molar-refractivity contribution in [2.24, 2.45) is 0 Å². The molecular weight excluding hydrogens is 510 g/mol. The fourth-order valence-electron chi connectivity index (χ4n) is 5.76. The third-order valence-corrected chi connectivity index (χ3v) is 8.17. The molecule has 2 aromatic carbocycles. The van der Waals surface area contributed by atoms with Gasteiger partial charge in [-0.05, 0) is 95.9 Å². The molecule has 0 bridgehead atoms. The quantitative estimate of drug-likeness (QED) is 0.191. The Balaban J connectivity index is 1.96. The van der Waals surface area contributed by atoms with Gasteiger partial charge < -0.3 is 10.6 Å². The predicted molar refractivity (Wildman–Crippen MR) is 185 cm³/mol. The van der Waals surface area contributed by atoms with Gasteiger partial charge in [-0.3, -0.25) is 4.98 Å². The van der Waals surface area contributed by atoms with Crippen molar-refractivity contribution in [3.8, 4) is 0 Å². The molecule has 3 rings (SSSR count). The minimum absolute atomic E-state index is 0.0630. The molecule has 2 N–H and O–H groups in total. The van der Waals surface area contributed by atoms with E-state index in [1.165, 1.54) is 44.8 Å². The second kappa shape index (κ2) is 14.7. The van der Waals surface area contributed by atoms with Gasteiger partial charge >= 0.3 is 0 Å². The lowest BCUT2D eigenvalue weighted by Gasteiger charge is -2.27. The summed E-state index contributed by atoms with van der Waals surface area (Å²) in [7, 11) is 0. The second-order valence-corrected chi connectivity index (χ2v) is 13.1. The minimum atomic E-state index is 0.0630. The summed E-state index contributed by atoms with van der Waals surface area (Å²) in [5.41, 5.74) is 12.7. The molecule has 42 heavy (non-hydrogen) atoms. The number of hydrogen-bond acceptors (Lipinski definition) is 3. The number of pyridine rings is 1. The highest BCUT2D eigenvalue weighted by Crippen LogP contribution is 2.38. The van der Waals surface area contributed by atoms with Crippen LogP contribution in [0.5, 0.6) is 0 Å². The Morgan fingerprint density at radius 1 is 0.571 bits per heavy atom. The number of nitrogens with one attached hydrogen (secondary N) is 2. The van der Waals surface area contributed by atoms with Gasteiger partial charge in [0.1, 0.15) is 0 Å². The third kappa shape index (κ3) is 7.94. The molecule has 3 heteroatoms. The van der Waals surface area contributed by atoms with Gasteiger partial charge in [-0.15, -0.1) is 13.2 Å². The maximum atomic E-state index is 5.21. The summed E-state index contributed by atoms with van der Waals surface area (Å²) < 4.78 is 0. The summed E-state index contributed by atoms with van der Waals surface area (Å²) in [5, 5.41) is 7.79. The highest BCUT2D eigenvalue weighted by atomic mass is 15.0. The van der Waals surface area contributed by atoms with E-state index in [1.807, 2.05) is 12.2 Å². The van der Waals surface area contributed by atoms with Crippen LogP contribution in [0.15, 0.2) is 67.8 Å². The molecule has 0 aliphatic heterocycles. The summed E-state index contributed by atoms with van der Waals surface area (Å²) in [4.78, 5) is 5.21. The normalized spacial score (nSPS) is 13.1. The average molecular weight is 566 g/mol. The molecule has 0 aliphatic carbocycles. The number of anilines is 2. The number of benzene rings is 2. The van der Waals surface area contributed by atoms with E-state index >= 15 is 0 Å². The van der Waals surface area contributed by atoms with Gasteiger partial charge in [0.25, 0.3) is 0 Å². The van der Waals surface area contributed by atoms with Gasteiger partial charge in [0.05, 0.1) is 23.5 Å². The number of aromatic nitrogens is 1. The van der Waals surface area contributed by atoms with E-state index in [4.69, 9.17) is 4.98 Å². The molecular formula is C39H55N3. The van der Waals surface area contributed by atoms with Crippen molar-refractivity contribution in [3.05, 3.63) is 113 Å². The van der Waals surface area contributed by atoms with Crippen LogP contribution in [0, 0.1) is 0 Å². The monoisotopic (exact) mass is 565 g/mol. The molecule has 0 amide bonds. The van der Waals surface area contributed by atoms with Crippen LogP contribution in [0.4, 0.5) is 11.4 Å². The molecule has 0 spiro atoms. The van der Waals surface area contributed by atoms with Gasteiger partial charge in [0.2, 0.25) is 0 Å². The van der Waals surface area contributed by atoms with Gasteiger partial charge in [-0.2, -0.15) is 0 Å². The summed E-state index contributed by atoms with van der Waals surface area (Å²) in [6, 6.07) is 16.0. The molecule has 1 aromatic heterocycles. The van der Waals surface area contributed by atoms with Crippen molar-refractivity contribution >= 4 is 11.4 Å². The number of allylic oxidation sites excluding steroid dienone is 2. The number of nitrogens with zero attached hydrogens (tertiary/aromatic N) is 1. The molecule has 0 saturated heterocycles. The first kappa shape index (κ1) is 33.2. The van der Waals surface area contributed by atoms with E-state index in [1.54, 1.807) is 0 Å². The van der Waals surface area contributed by atoms with Crippen LogP contribution in [-0.2, 0) is 12.8 Å². The maximum absolute atomic E-state index is 5.21. The molecule has 0 saturated carbocycles. The molecule has 3 nitrogen and oxygen atoms in total. The van der Waals surface area contributed by atoms with Gasteiger partial charge in [-0.1, -0.05) is 97.9 Å². The number of rotatable bonds is 14. The van der Waals surface area contributed by atoms with Crippen molar-refractivity contribution in [1.82, 2.24) is 4.98 Å². The predicted octanol–water partition coefficient (Wildman–Crippen LogP) is 11.4. The van der Waals surface area contributed by atoms with Gasteiger partial charge in [-0.25, -0.2) is 0 Å². The zero-order valence-electron chi connectivity index (χ0n) is 27.9. The summed E-state index contributed by atoms with van der Waals surface area (Å²) in [5.74, 6) is 1.64. The Hall–Kier alpha value is -3.33. The Bertz CT molecular complexity index is 1200. The van der Waals surface area contributed by atoms with Crippen LogP contribution >= 0.6 is 0 Å². The van der Waals surface area contributed by atoms with Crippen LogP contribution in [0.3, 0.4) is 0 Å². The van der Waals surface area contributed by atoms with Crippen LogP contribution in [-0.4, -0.2) is 4.98 Å². The van der Waals surface area contributed by atoms with Crippen molar-refractivity contribution in [3.63, 3.8) is 0 Å². The highest BCUT2D eigenvalue weighted by molar-refractivity contribution is 5.64. The Morgan fingerprint density at radius 2 is 0.881 bits per heavy atom. The lowest BCUT2D eigenvalue weighted by Crippen LogP contribution is -2.17. The molecule has 2 atom stereocenters. The molecule has 0 aliphatic rings. The van der Waals surface area contributed by atoms with E-state index in [0.29, 0.717) is 23.7 Å². The van der Waals surface area contributed by atoms with E-state index in [0.717, 1.165) is 24.2 Å². The van der Waals surface area contributed by atoms with Crippen molar-refractivity contribution < 1.29 is 0 Å². The second-order valence-electron chi connectivity index (χ2n) is 13.1. The molecule has 0 fully saturated rings. The van der Waals surface area contributed by atoms with Crippen LogP contribution in [0.25, 0.3) is 0 Å². The first-order valence-corrected chi connectivity index (χ1v) is 15.9. The van der Waals surface area contributed by atoms with Crippen molar-refractivity contribution in [2.45, 2.75) is 118 Å². The minimum Gasteiger partial charge on any atom is -0.376 e. The lowest BCUT2D eigenvalue weighted by atomic mass is 9.89. The van der Waals surface area contributed by atoms with E-state index in [-0.39, 0.29) is 12.1 Å². The smallest absolute Gasteiger partial charge is 0.0657 e. The Labute approximate surface area is 257 Å².